The van der Waals surface area contributed by atoms with Crippen molar-refractivity contribution in [2.75, 3.05) is 59.0 Å². The van der Waals surface area contributed by atoms with Crippen LogP contribution in [0.4, 0.5) is 8.78 Å². The van der Waals surface area contributed by atoms with Gasteiger partial charge in [-0.3, -0.25) is 33.9 Å². The maximum absolute atomic E-state index is 13.9. The first-order valence-corrected chi connectivity index (χ1v) is 23.0. The number of fused-ring (bicyclic) bond motifs is 3. The average molecular weight is 978 g/mol. The van der Waals surface area contributed by atoms with Crippen LogP contribution in [0.15, 0.2) is 119 Å². The number of benzene rings is 5. The van der Waals surface area contributed by atoms with E-state index in [2.05, 4.69) is 20.5 Å². The van der Waals surface area contributed by atoms with Gasteiger partial charge in [0.05, 0.1) is 49.0 Å². The molecule has 9 rings (SSSR count). The Morgan fingerprint density at radius 3 is 2.38 bits per heavy atom. The van der Waals surface area contributed by atoms with Gasteiger partial charge in [-0.2, -0.15) is 5.26 Å². The number of phenols is 1. The molecule has 4 amide bonds. The van der Waals surface area contributed by atoms with Crippen LogP contribution in [0.25, 0.3) is 55.4 Å². The fraction of sp³-hybridized carbons (Fsp3) is 0.245. The maximum Gasteiger partial charge on any atom is 0.336 e. The van der Waals surface area contributed by atoms with Crippen LogP contribution in [-0.2, 0) is 9.59 Å². The minimum Gasteiger partial charge on any atom is -0.508 e. The van der Waals surface area contributed by atoms with Crippen molar-refractivity contribution >= 4 is 51.5 Å². The number of hydrogen-bond acceptors (Lipinski definition) is 12. The number of nitrogens with zero attached hydrogens (tertiary/aromatic N) is 5. The molecular weight excluding hydrogens is 933 g/mol. The van der Waals surface area contributed by atoms with E-state index < -0.39 is 55.2 Å². The molecule has 1 aromatic heterocycles. The SMILES string of the molecule is N#C[C@@H]1CC(F)(F)CN1C(=O)CNC(=O)c1ccnc2cc(-c3cccc(OCCCN4CCN(C(=O)CNC(=O)c5ccc(C(=O)O)c(-c6c7ccc(=O)cc-7oc7cc(O)ccc67)c5)CC4)c3)ccc12. The van der Waals surface area contributed by atoms with E-state index >= 15 is 0 Å². The summed E-state index contributed by atoms with van der Waals surface area (Å²) in [5.74, 6) is -5.93. The van der Waals surface area contributed by atoms with E-state index in [1.807, 2.05) is 36.4 Å². The highest BCUT2D eigenvalue weighted by atomic mass is 19.3. The second-order valence-corrected chi connectivity index (χ2v) is 17.5. The number of halogens is 2. The molecule has 0 bridgehead atoms. The maximum atomic E-state index is 13.9. The summed E-state index contributed by atoms with van der Waals surface area (Å²) in [4.78, 5) is 86.4. The molecule has 72 heavy (non-hydrogen) atoms. The number of pyridine rings is 1. The molecule has 5 aromatic rings. The van der Waals surface area contributed by atoms with E-state index in [9.17, 15) is 53.0 Å². The molecule has 1 atom stereocenters. The predicted octanol–water partition coefficient (Wildman–Crippen LogP) is 6.02. The normalized spacial score (nSPS) is 15.6. The lowest BCUT2D eigenvalue weighted by Gasteiger charge is -2.34. The number of piperazine rings is 1. The summed E-state index contributed by atoms with van der Waals surface area (Å²) in [5, 5.41) is 35.7. The third-order valence-electron chi connectivity index (χ3n) is 12.8. The average Bonchev–Trinajstić information content (AvgIpc) is 3.71. The van der Waals surface area contributed by atoms with Crippen LogP contribution < -0.4 is 20.8 Å². The van der Waals surface area contributed by atoms with E-state index in [1.54, 1.807) is 23.1 Å². The summed E-state index contributed by atoms with van der Waals surface area (Å²) in [5.41, 5.74) is 3.27. The number of alkyl halides is 2. The molecule has 366 valence electrons. The van der Waals surface area contributed by atoms with Crippen molar-refractivity contribution in [3.63, 3.8) is 0 Å². The predicted molar refractivity (Wildman–Crippen MR) is 259 cm³/mol. The first kappa shape index (κ1) is 48.3. The number of aromatic nitrogens is 1. The minimum absolute atomic E-state index is 0.102. The van der Waals surface area contributed by atoms with Crippen LogP contribution in [-0.4, -0.2) is 130 Å². The summed E-state index contributed by atoms with van der Waals surface area (Å²) in [6, 6.07) is 27.4. The van der Waals surface area contributed by atoms with Gasteiger partial charge in [-0.15, -0.1) is 0 Å². The summed E-state index contributed by atoms with van der Waals surface area (Å²) in [6.45, 7) is 1.60. The number of phenolic OH excluding ortho intramolecular Hbond substituents is 1. The van der Waals surface area contributed by atoms with Crippen LogP contribution in [0.2, 0.25) is 0 Å². The Balaban J connectivity index is 0.747. The molecule has 3 aliphatic heterocycles. The number of carboxylic acids is 1. The topological polar surface area (TPSA) is 236 Å². The number of aromatic carboxylic acids is 1. The molecular formula is C53H45F2N7O10. The Hall–Kier alpha value is -8.76. The van der Waals surface area contributed by atoms with Crippen molar-refractivity contribution in [2.45, 2.75) is 24.8 Å². The molecule has 0 saturated carbocycles. The van der Waals surface area contributed by atoms with E-state index in [4.69, 9.17) is 9.15 Å². The summed E-state index contributed by atoms with van der Waals surface area (Å²) in [6.07, 6.45) is 1.43. The van der Waals surface area contributed by atoms with Gasteiger partial charge < -0.3 is 39.8 Å². The largest absolute Gasteiger partial charge is 0.508 e. The molecule has 17 nitrogen and oxygen atoms in total. The van der Waals surface area contributed by atoms with E-state index in [0.29, 0.717) is 72.4 Å². The van der Waals surface area contributed by atoms with Gasteiger partial charge in [-0.25, -0.2) is 13.6 Å². The van der Waals surface area contributed by atoms with Crippen molar-refractivity contribution in [3.05, 3.63) is 136 Å². The zero-order chi connectivity index (χ0) is 50.7. The first-order valence-electron chi connectivity index (χ1n) is 23.0. The Labute approximate surface area is 409 Å². The lowest BCUT2D eigenvalue weighted by Crippen LogP contribution is -2.51. The second-order valence-electron chi connectivity index (χ2n) is 17.5. The quantitative estimate of drug-likeness (QED) is 0.0722. The molecule has 4 heterocycles. The van der Waals surface area contributed by atoms with Crippen LogP contribution in [0.5, 0.6) is 11.5 Å². The van der Waals surface area contributed by atoms with Crippen molar-refractivity contribution in [3.8, 4) is 51.1 Å². The first-order chi connectivity index (χ1) is 34.6. The highest BCUT2D eigenvalue weighted by Gasteiger charge is 2.47. The Morgan fingerprint density at radius 2 is 1.58 bits per heavy atom. The van der Waals surface area contributed by atoms with Gasteiger partial charge in [-0.05, 0) is 89.8 Å². The molecule has 2 fully saturated rings. The standard InChI is InChI=1S/C53H45F2N7O10/c54-53(55)26-34(27-56)62(30-53)48(66)29-59-51(68)39-13-14-57-44-23-32(5-9-38(39)44)31-3-1-4-37(21-31)71-20-2-15-60-16-18-61(19-17-60)47(65)28-58-50(67)33-6-10-40(52(69)70)43(22-33)49-41-11-7-35(63)24-45(41)72-46-25-36(64)8-12-42(46)49/h1,3-14,21-25,34,63H,2,15-20,26,28-30H2,(H,58,67)(H,59,68)(H,69,70)/t34-/m0/s1. The molecule has 4 aromatic carbocycles. The van der Waals surface area contributed by atoms with Crippen molar-refractivity contribution in [2.24, 2.45) is 0 Å². The number of hydrogen-bond donors (Lipinski definition) is 4. The number of likely N-dealkylation sites (tertiary alicyclic amines) is 1. The van der Waals surface area contributed by atoms with Gasteiger partial charge in [0.25, 0.3) is 17.7 Å². The minimum atomic E-state index is -3.17. The van der Waals surface area contributed by atoms with E-state index in [-0.39, 0.29) is 57.2 Å². The molecule has 4 N–H and O–H groups in total. The lowest BCUT2D eigenvalue weighted by atomic mass is 9.89. The zero-order valence-corrected chi connectivity index (χ0v) is 38.4. The highest BCUT2D eigenvalue weighted by Crippen LogP contribution is 2.42. The molecule has 0 unspecified atom stereocenters. The van der Waals surface area contributed by atoms with E-state index in [1.165, 1.54) is 60.8 Å². The number of ether oxygens (including phenoxy) is 1. The number of nitriles is 1. The number of carbonyl (C=O) groups is 5. The summed E-state index contributed by atoms with van der Waals surface area (Å²) >= 11 is 0. The van der Waals surface area contributed by atoms with Gasteiger partial charge in [-0.1, -0.05) is 24.3 Å². The van der Waals surface area contributed by atoms with Crippen LogP contribution in [0, 0.1) is 11.3 Å². The van der Waals surface area contributed by atoms with Crippen LogP contribution in [0.3, 0.4) is 0 Å². The van der Waals surface area contributed by atoms with Gasteiger partial charge in [0.1, 0.15) is 28.9 Å². The van der Waals surface area contributed by atoms with Gasteiger partial charge >= 0.3 is 5.97 Å². The van der Waals surface area contributed by atoms with Gasteiger partial charge in [0, 0.05) is 84.9 Å². The lowest BCUT2D eigenvalue weighted by molar-refractivity contribution is -0.132. The fourth-order valence-corrected chi connectivity index (χ4v) is 9.14. The molecule has 4 aliphatic rings. The van der Waals surface area contributed by atoms with E-state index in [0.717, 1.165) is 22.6 Å². The third-order valence-corrected chi connectivity index (χ3v) is 12.8. The third kappa shape index (κ3) is 10.4. The number of carboxylic acid groups (broad SMARTS) is 1. The molecule has 1 aliphatic carbocycles. The van der Waals surface area contributed by atoms with Crippen molar-refractivity contribution in [1.82, 2.24) is 30.3 Å². The number of amides is 4. The number of nitrogens with one attached hydrogen (secondary N) is 2. The van der Waals surface area contributed by atoms with Crippen molar-refractivity contribution in [1.29, 1.82) is 5.26 Å². The smallest absolute Gasteiger partial charge is 0.336 e. The van der Waals surface area contributed by atoms with Gasteiger partial charge in [0.15, 0.2) is 5.43 Å². The second kappa shape index (κ2) is 20.3. The Kier molecular flexibility index (Phi) is 13.6. The molecule has 2 saturated heterocycles. The Morgan fingerprint density at radius 1 is 0.819 bits per heavy atom. The highest BCUT2D eigenvalue weighted by molar-refractivity contribution is 6.10. The molecule has 0 spiro atoms. The van der Waals surface area contributed by atoms with Gasteiger partial charge in [0.2, 0.25) is 11.8 Å². The summed E-state index contributed by atoms with van der Waals surface area (Å²) in [7, 11) is 0. The molecule has 0 radical (unpaired) electrons. The summed E-state index contributed by atoms with van der Waals surface area (Å²) < 4.78 is 39.7. The molecule has 19 heteroatoms. The van der Waals surface area contributed by atoms with Crippen LogP contribution >= 0.6 is 0 Å². The van der Waals surface area contributed by atoms with Crippen molar-refractivity contribution < 1.29 is 52.1 Å². The number of carbonyl (C=O) groups excluding carboxylic acids is 4. The number of rotatable bonds is 14. The Bertz CT molecular complexity index is 3370. The fourth-order valence-electron chi connectivity index (χ4n) is 9.14. The van der Waals surface area contributed by atoms with Crippen LogP contribution in [0.1, 0.15) is 43.9 Å². The monoisotopic (exact) mass is 977 g/mol. The number of aromatic hydroxyl groups is 1. The zero-order valence-electron chi connectivity index (χ0n) is 38.4.